The summed E-state index contributed by atoms with van der Waals surface area (Å²) >= 11 is 0. The van der Waals surface area contributed by atoms with Gasteiger partial charge in [0.2, 0.25) is 0 Å². The van der Waals surface area contributed by atoms with Crippen molar-refractivity contribution in [1.82, 2.24) is 0 Å². The molecule has 1 aromatic carbocycles. The molecule has 0 spiro atoms. The van der Waals surface area contributed by atoms with Crippen LogP contribution in [0.25, 0.3) is 0 Å². The Kier molecular flexibility index (Phi) is 1.51. The zero-order chi connectivity index (χ0) is 8.77. The van der Waals surface area contributed by atoms with Gasteiger partial charge in [0.05, 0.1) is 10.6 Å². The van der Waals surface area contributed by atoms with Gasteiger partial charge in [0.15, 0.2) is 9.84 Å². The number of hydrogen-bond acceptors (Lipinski definition) is 2. The average Bonchev–Trinajstić information content (AvgIpc) is 2.25. The summed E-state index contributed by atoms with van der Waals surface area (Å²) in [4.78, 5) is 0.525. The van der Waals surface area contributed by atoms with Crippen molar-refractivity contribution < 1.29 is 8.42 Å². The zero-order valence-corrected chi connectivity index (χ0v) is 7.64. The summed E-state index contributed by atoms with van der Waals surface area (Å²) in [5, 5.41) is 0. The first-order valence-electron chi connectivity index (χ1n) is 3.93. The maximum absolute atomic E-state index is 11.5. The smallest absolute Gasteiger partial charge is 0.179 e. The molecule has 0 fully saturated rings. The third-order valence-corrected chi connectivity index (χ3v) is 4.24. The molecule has 0 N–H and O–H groups in total. The van der Waals surface area contributed by atoms with Gasteiger partial charge in [-0.2, -0.15) is 0 Å². The summed E-state index contributed by atoms with van der Waals surface area (Å²) in [7, 11) is -2.95. The molecule has 1 aliphatic heterocycles. The van der Waals surface area contributed by atoms with Crippen LogP contribution < -0.4 is 0 Å². The van der Waals surface area contributed by atoms with Crippen molar-refractivity contribution in [2.45, 2.75) is 17.7 Å². The summed E-state index contributed by atoms with van der Waals surface area (Å²) < 4.78 is 22.9. The highest BCUT2D eigenvalue weighted by Gasteiger charge is 2.30. The SMILES string of the molecule is C[C@@H]1CS(=O)(=O)c2ccccc21. The Hall–Kier alpha value is -0.830. The van der Waals surface area contributed by atoms with Crippen LogP contribution in [0.5, 0.6) is 0 Å². The van der Waals surface area contributed by atoms with Gasteiger partial charge in [0, 0.05) is 0 Å². The molecule has 1 aliphatic rings. The number of fused-ring (bicyclic) bond motifs is 1. The molecule has 0 radical (unpaired) electrons. The Labute approximate surface area is 72.1 Å². The summed E-state index contributed by atoms with van der Waals surface area (Å²) in [6, 6.07) is 7.24. The molecule has 3 heteroatoms. The second kappa shape index (κ2) is 2.33. The van der Waals surface area contributed by atoms with E-state index in [9.17, 15) is 8.42 Å². The van der Waals surface area contributed by atoms with Crippen LogP contribution in [0.2, 0.25) is 0 Å². The molecular formula is C9H10O2S. The van der Waals surface area contributed by atoms with Crippen LogP contribution in [-0.4, -0.2) is 14.2 Å². The molecule has 0 aliphatic carbocycles. The van der Waals surface area contributed by atoms with Crippen molar-refractivity contribution in [3.8, 4) is 0 Å². The molecule has 2 nitrogen and oxygen atoms in total. The molecule has 1 aromatic rings. The standard InChI is InChI=1S/C9H10O2S/c1-7-6-12(10,11)9-5-3-2-4-8(7)9/h2-5,7H,6H2,1H3/t7-/m1/s1. The first-order chi connectivity index (χ1) is 5.61. The van der Waals surface area contributed by atoms with Crippen molar-refractivity contribution in [3.63, 3.8) is 0 Å². The van der Waals surface area contributed by atoms with Gasteiger partial charge in [-0.15, -0.1) is 0 Å². The fraction of sp³-hybridized carbons (Fsp3) is 0.333. The first kappa shape index (κ1) is 7.80. The van der Waals surface area contributed by atoms with Crippen LogP contribution in [0, 0.1) is 0 Å². The van der Waals surface area contributed by atoms with Crippen LogP contribution in [0.3, 0.4) is 0 Å². The van der Waals surface area contributed by atoms with E-state index in [0.717, 1.165) is 5.56 Å². The minimum absolute atomic E-state index is 0.159. The fourth-order valence-corrected chi connectivity index (χ4v) is 3.61. The highest BCUT2D eigenvalue weighted by Crippen LogP contribution is 2.33. The maximum atomic E-state index is 11.5. The number of hydrogen-bond donors (Lipinski definition) is 0. The highest BCUT2D eigenvalue weighted by molar-refractivity contribution is 7.91. The van der Waals surface area contributed by atoms with Crippen LogP contribution in [-0.2, 0) is 9.84 Å². The summed E-state index contributed by atoms with van der Waals surface area (Å²) in [6.07, 6.45) is 0. The Balaban J connectivity index is 2.74. The topological polar surface area (TPSA) is 34.1 Å². The van der Waals surface area contributed by atoms with Crippen LogP contribution in [0.1, 0.15) is 18.4 Å². The lowest BCUT2D eigenvalue weighted by molar-refractivity contribution is 0.598. The molecule has 0 bridgehead atoms. The first-order valence-corrected chi connectivity index (χ1v) is 5.58. The van der Waals surface area contributed by atoms with E-state index in [1.807, 2.05) is 19.1 Å². The molecule has 0 amide bonds. The van der Waals surface area contributed by atoms with E-state index >= 15 is 0 Å². The molecule has 0 saturated carbocycles. The molecule has 0 saturated heterocycles. The minimum atomic E-state index is -2.95. The molecule has 0 aromatic heterocycles. The van der Waals surface area contributed by atoms with E-state index in [2.05, 4.69) is 0 Å². The summed E-state index contributed by atoms with van der Waals surface area (Å²) in [5.74, 6) is 0.429. The molecule has 64 valence electrons. The largest absolute Gasteiger partial charge is 0.224 e. The molecule has 0 unspecified atom stereocenters. The van der Waals surface area contributed by atoms with Crippen molar-refractivity contribution in [2.75, 3.05) is 5.75 Å². The number of benzene rings is 1. The number of sulfone groups is 1. The second-order valence-electron chi connectivity index (χ2n) is 3.22. The molecule has 2 rings (SSSR count). The third kappa shape index (κ3) is 0.966. The monoisotopic (exact) mass is 182 g/mol. The van der Waals surface area contributed by atoms with Gasteiger partial charge in [-0.25, -0.2) is 8.42 Å². The minimum Gasteiger partial charge on any atom is -0.224 e. The van der Waals surface area contributed by atoms with Gasteiger partial charge in [0.25, 0.3) is 0 Å². The third-order valence-electron chi connectivity index (χ3n) is 2.25. The Morgan fingerprint density at radius 1 is 1.33 bits per heavy atom. The second-order valence-corrected chi connectivity index (χ2v) is 5.22. The van der Waals surface area contributed by atoms with E-state index in [0.29, 0.717) is 4.90 Å². The maximum Gasteiger partial charge on any atom is 0.179 e. The molecule has 1 atom stereocenters. The lowest BCUT2D eigenvalue weighted by Crippen LogP contribution is -2.00. The van der Waals surface area contributed by atoms with E-state index in [4.69, 9.17) is 0 Å². The Bertz CT molecular complexity index is 406. The van der Waals surface area contributed by atoms with Crippen molar-refractivity contribution in [3.05, 3.63) is 29.8 Å². The van der Waals surface area contributed by atoms with Gasteiger partial charge in [-0.3, -0.25) is 0 Å². The summed E-state index contributed by atoms with van der Waals surface area (Å²) in [6.45, 7) is 1.95. The van der Waals surface area contributed by atoms with E-state index in [-0.39, 0.29) is 11.7 Å². The average molecular weight is 182 g/mol. The molecule has 12 heavy (non-hydrogen) atoms. The van der Waals surface area contributed by atoms with Gasteiger partial charge in [-0.1, -0.05) is 25.1 Å². The van der Waals surface area contributed by atoms with E-state index in [1.54, 1.807) is 12.1 Å². The normalized spacial score (nSPS) is 25.2. The molecular weight excluding hydrogens is 172 g/mol. The lowest BCUT2D eigenvalue weighted by Gasteiger charge is -1.98. The zero-order valence-electron chi connectivity index (χ0n) is 6.82. The van der Waals surface area contributed by atoms with Gasteiger partial charge in [-0.05, 0) is 17.5 Å². The van der Waals surface area contributed by atoms with E-state index in [1.165, 1.54) is 0 Å². The summed E-state index contributed by atoms with van der Waals surface area (Å²) in [5.41, 5.74) is 0.970. The van der Waals surface area contributed by atoms with Gasteiger partial charge in [0.1, 0.15) is 0 Å². The van der Waals surface area contributed by atoms with Crippen LogP contribution in [0.4, 0.5) is 0 Å². The Morgan fingerprint density at radius 3 is 2.67 bits per heavy atom. The van der Waals surface area contributed by atoms with Crippen LogP contribution in [0.15, 0.2) is 29.2 Å². The van der Waals surface area contributed by atoms with Crippen molar-refractivity contribution >= 4 is 9.84 Å². The van der Waals surface area contributed by atoms with Crippen LogP contribution >= 0.6 is 0 Å². The predicted octanol–water partition coefficient (Wildman–Crippen LogP) is 1.58. The van der Waals surface area contributed by atoms with Crippen molar-refractivity contribution in [2.24, 2.45) is 0 Å². The molecule has 1 heterocycles. The van der Waals surface area contributed by atoms with Crippen molar-refractivity contribution in [1.29, 1.82) is 0 Å². The predicted molar refractivity (Wildman–Crippen MR) is 46.9 cm³/mol. The van der Waals surface area contributed by atoms with E-state index < -0.39 is 9.84 Å². The van der Waals surface area contributed by atoms with Gasteiger partial charge >= 0.3 is 0 Å². The lowest BCUT2D eigenvalue weighted by atomic mass is 10.0. The highest BCUT2D eigenvalue weighted by atomic mass is 32.2. The van der Waals surface area contributed by atoms with Gasteiger partial charge < -0.3 is 0 Å². The Morgan fingerprint density at radius 2 is 2.00 bits per heavy atom. The quantitative estimate of drug-likeness (QED) is 0.610. The number of rotatable bonds is 0. The fourth-order valence-electron chi connectivity index (χ4n) is 1.68.